The number of piperidine rings is 1. The summed E-state index contributed by atoms with van der Waals surface area (Å²) in [5.41, 5.74) is 2.06. The number of hydrogen-bond acceptors (Lipinski definition) is 7. The number of carbonyl (C=O) groups excluding carboxylic acids is 1. The number of likely N-dealkylation sites (N-methyl/N-ethyl adjacent to an activating group) is 1. The number of carbonyl (C=O) groups is 1. The van der Waals surface area contributed by atoms with Crippen LogP contribution in [0.15, 0.2) is 47.5 Å². The minimum Gasteiger partial charge on any atom is -0.504 e. The average Bonchev–Trinajstić information content (AvgIpc) is 3.67. The molecule has 2 bridgehead atoms. The van der Waals surface area contributed by atoms with Crippen molar-refractivity contribution in [1.29, 1.82) is 0 Å². The van der Waals surface area contributed by atoms with E-state index in [1.54, 1.807) is 23.1 Å². The maximum absolute atomic E-state index is 13.5. The summed E-state index contributed by atoms with van der Waals surface area (Å²) in [7, 11) is 1.82. The van der Waals surface area contributed by atoms with Crippen molar-refractivity contribution >= 4 is 35.0 Å². The lowest BCUT2D eigenvalue weighted by Crippen LogP contribution is -2.78. The van der Waals surface area contributed by atoms with Crippen LogP contribution < -0.4 is 4.74 Å². The molecule has 7 rings (SSSR count). The Labute approximate surface area is 233 Å². The van der Waals surface area contributed by atoms with Crippen molar-refractivity contribution in [2.75, 3.05) is 20.1 Å². The number of nitrogens with zero attached hydrogens (tertiary/aromatic N) is 3. The molecule has 5 atom stereocenters. The summed E-state index contributed by atoms with van der Waals surface area (Å²) in [5, 5.41) is 25.8. The van der Waals surface area contributed by atoms with Gasteiger partial charge < -0.3 is 19.8 Å². The van der Waals surface area contributed by atoms with Crippen LogP contribution in [0.1, 0.15) is 48.8 Å². The number of phenols is 1. The molecule has 3 fully saturated rings. The molecular formula is C31H33N3O4S. The fourth-order valence-electron chi connectivity index (χ4n) is 8.05. The number of rotatable bonds is 6. The van der Waals surface area contributed by atoms with Gasteiger partial charge in [-0.15, -0.1) is 0 Å². The van der Waals surface area contributed by atoms with E-state index >= 15 is 0 Å². The maximum Gasteiger partial charge on any atom is 0.246 e. The van der Waals surface area contributed by atoms with Gasteiger partial charge in [-0.3, -0.25) is 9.69 Å². The first-order chi connectivity index (χ1) is 18.9. The Bertz CT molecular complexity index is 1430. The monoisotopic (exact) mass is 543 g/mol. The first-order valence-electron chi connectivity index (χ1n) is 14.0. The second kappa shape index (κ2) is 9.00. The number of thiocarbonyl (C=S) groups is 1. The van der Waals surface area contributed by atoms with Crippen molar-refractivity contribution in [3.8, 4) is 11.5 Å². The number of hydrogen-bond donors (Lipinski definition) is 2. The highest BCUT2D eigenvalue weighted by Crippen LogP contribution is 2.66. The number of benzene rings is 2. The SMILES string of the molecule is CN(C(=O)/C=C/c1cccc(N=C=S)c1)[C@@H]1CC[C@@]2(O)[C@H]3Cc4ccc(O)c5c4[C@@]2(CCN3CC2CC2)[C@H]1O5. The molecule has 0 unspecified atom stereocenters. The van der Waals surface area contributed by atoms with Crippen molar-refractivity contribution < 1.29 is 19.7 Å². The summed E-state index contributed by atoms with van der Waals surface area (Å²) in [6.45, 7) is 1.93. The third-order valence-electron chi connectivity index (χ3n) is 10.0. The summed E-state index contributed by atoms with van der Waals surface area (Å²) < 4.78 is 6.62. The van der Waals surface area contributed by atoms with Crippen molar-refractivity contribution in [2.24, 2.45) is 10.9 Å². The molecule has 39 heavy (non-hydrogen) atoms. The summed E-state index contributed by atoms with van der Waals surface area (Å²) in [6.07, 6.45) is 8.23. The zero-order valence-electron chi connectivity index (χ0n) is 22.0. The first-order valence-corrected chi connectivity index (χ1v) is 14.4. The fourth-order valence-corrected chi connectivity index (χ4v) is 8.16. The average molecular weight is 544 g/mol. The number of aliphatic imine (C=N–C) groups is 1. The lowest BCUT2D eigenvalue weighted by molar-refractivity contribution is -0.200. The van der Waals surface area contributed by atoms with Gasteiger partial charge in [-0.25, -0.2) is 0 Å². The quantitative estimate of drug-likeness (QED) is 0.322. The van der Waals surface area contributed by atoms with Crippen LogP contribution in [-0.4, -0.2) is 75.0 Å². The van der Waals surface area contributed by atoms with Crippen LogP contribution in [0.25, 0.3) is 6.08 Å². The molecule has 0 radical (unpaired) electrons. The van der Waals surface area contributed by atoms with Crippen molar-refractivity contribution in [3.63, 3.8) is 0 Å². The summed E-state index contributed by atoms with van der Waals surface area (Å²) >= 11 is 4.70. The molecule has 1 amide bonds. The van der Waals surface area contributed by atoms with Crippen LogP contribution in [0.3, 0.4) is 0 Å². The summed E-state index contributed by atoms with van der Waals surface area (Å²) in [6, 6.07) is 11.0. The normalized spacial score (nSPS) is 32.3. The van der Waals surface area contributed by atoms with Crippen molar-refractivity contribution in [3.05, 3.63) is 59.2 Å². The number of likely N-dealkylation sites (tertiary alicyclic amines) is 1. The standard InChI is InChI=1S/C31H33N3O4S/c1-33(26(36)10-7-19-3-2-4-22(15-19)32-18-39)23-11-12-31(37)25-16-21-8-9-24(35)28-27(21)30(31,29(23)38-28)13-14-34(25)17-20-5-6-20/h2-4,7-10,15,20,23,25,29,35,37H,5-6,11-14,16-17H2,1H3/b10-7+/t23-,25-,29+,30+,31-/m1/s1. The Kier molecular flexibility index (Phi) is 5.76. The van der Waals surface area contributed by atoms with Crippen LogP contribution in [0.4, 0.5) is 5.69 Å². The van der Waals surface area contributed by atoms with E-state index in [0.29, 0.717) is 24.3 Å². The third-order valence-corrected chi connectivity index (χ3v) is 10.1. The van der Waals surface area contributed by atoms with Crippen LogP contribution in [0, 0.1) is 5.92 Å². The second-order valence-corrected chi connectivity index (χ2v) is 12.2. The molecule has 202 valence electrons. The topological polar surface area (TPSA) is 85.6 Å². The van der Waals surface area contributed by atoms with E-state index < -0.39 is 17.1 Å². The number of aliphatic hydroxyl groups is 1. The molecule has 5 aliphatic rings. The lowest BCUT2D eigenvalue weighted by atomic mass is 9.48. The van der Waals surface area contributed by atoms with E-state index in [1.807, 2.05) is 37.4 Å². The fraction of sp³-hybridized carbons (Fsp3) is 0.484. The number of phenolic OH excluding ortho intramolecular Hbond substituents is 1. The zero-order chi connectivity index (χ0) is 26.9. The molecule has 2 heterocycles. The smallest absolute Gasteiger partial charge is 0.246 e. The number of ether oxygens (including phenoxy) is 1. The van der Waals surface area contributed by atoms with E-state index in [9.17, 15) is 15.0 Å². The van der Waals surface area contributed by atoms with Gasteiger partial charge in [0.1, 0.15) is 6.10 Å². The predicted molar refractivity (Wildman–Crippen MR) is 152 cm³/mol. The van der Waals surface area contributed by atoms with Gasteiger partial charge in [-0.05, 0) is 98.6 Å². The minimum atomic E-state index is -0.963. The second-order valence-electron chi connectivity index (χ2n) is 12.0. The molecule has 1 saturated heterocycles. The van der Waals surface area contributed by atoms with E-state index in [2.05, 4.69) is 15.1 Å². The van der Waals surface area contributed by atoms with Gasteiger partial charge in [0.25, 0.3) is 0 Å². The first kappa shape index (κ1) is 25.0. The largest absolute Gasteiger partial charge is 0.504 e. The Morgan fingerprint density at radius 2 is 2.13 bits per heavy atom. The van der Waals surface area contributed by atoms with Gasteiger partial charge in [-0.2, -0.15) is 4.99 Å². The molecule has 2 aliphatic heterocycles. The molecule has 8 heteroatoms. The Morgan fingerprint density at radius 3 is 2.92 bits per heavy atom. The highest BCUT2D eigenvalue weighted by molar-refractivity contribution is 7.78. The van der Waals surface area contributed by atoms with Gasteiger partial charge in [0.2, 0.25) is 5.91 Å². The molecule has 2 aromatic rings. The van der Waals surface area contributed by atoms with Gasteiger partial charge in [-0.1, -0.05) is 18.2 Å². The highest BCUT2D eigenvalue weighted by Gasteiger charge is 2.73. The molecule has 2 aromatic carbocycles. The summed E-state index contributed by atoms with van der Waals surface area (Å²) in [5.74, 6) is 1.23. The molecule has 0 aromatic heterocycles. The van der Waals surface area contributed by atoms with Crippen LogP contribution in [0.5, 0.6) is 11.5 Å². The van der Waals surface area contributed by atoms with Crippen LogP contribution in [-0.2, 0) is 16.6 Å². The molecule has 2 saturated carbocycles. The minimum absolute atomic E-state index is 0.0186. The lowest BCUT2D eigenvalue weighted by Gasteiger charge is -2.64. The third kappa shape index (κ3) is 3.66. The zero-order valence-corrected chi connectivity index (χ0v) is 22.9. The molecule has 3 aliphatic carbocycles. The van der Waals surface area contributed by atoms with E-state index in [4.69, 9.17) is 17.0 Å². The highest BCUT2D eigenvalue weighted by atomic mass is 32.1. The van der Waals surface area contributed by atoms with Crippen LogP contribution in [0.2, 0.25) is 0 Å². The Morgan fingerprint density at radius 1 is 1.28 bits per heavy atom. The predicted octanol–water partition coefficient (Wildman–Crippen LogP) is 4.23. The van der Waals surface area contributed by atoms with E-state index in [1.165, 1.54) is 12.8 Å². The van der Waals surface area contributed by atoms with E-state index in [-0.39, 0.29) is 23.7 Å². The number of isothiocyanates is 1. The molecular weight excluding hydrogens is 510 g/mol. The number of aromatic hydroxyl groups is 1. The Balaban J connectivity index is 1.22. The van der Waals surface area contributed by atoms with Crippen LogP contribution >= 0.6 is 12.2 Å². The van der Waals surface area contributed by atoms with Gasteiger partial charge in [0.05, 0.1) is 27.9 Å². The molecule has 2 N–H and O–H groups in total. The van der Waals surface area contributed by atoms with E-state index in [0.717, 1.165) is 48.5 Å². The van der Waals surface area contributed by atoms with Gasteiger partial charge in [0, 0.05) is 31.3 Å². The molecule has 7 nitrogen and oxygen atoms in total. The van der Waals surface area contributed by atoms with Crippen molar-refractivity contribution in [2.45, 2.75) is 67.7 Å². The summed E-state index contributed by atoms with van der Waals surface area (Å²) in [4.78, 5) is 21.8. The van der Waals surface area contributed by atoms with Gasteiger partial charge >= 0.3 is 0 Å². The maximum atomic E-state index is 13.5. The van der Waals surface area contributed by atoms with Gasteiger partial charge in [0.15, 0.2) is 11.5 Å². The molecule has 1 spiro atoms. The Hall–Kier alpha value is -3.03. The number of amides is 1. The van der Waals surface area contributed by atoms with Crippen molar-refractivity contribution in [1.82, 2.24) is 9.80 Å².